The van der Waals surface area contributed by atoms with E-state index in [0.29, 0.717) is 5.76 Å². The summed E-state index contributed by atoms with van der Waals surface area (Å²) in [6, 6.07) is 7.63. The maximum Gasteiger partial charge on any atom is 0.213 e. The highest BCUT2D eigenvalue weighted by Crippen LogP contribution is 2.34. The number of imidazole rings is 1. The summed E-state index contributed by atoms with van der Waals surface area (Å²) in [5, 5.41) is 5.43. The Hall–Kier alpha value is -2.03. The molecule has 23 heavy (non-hydrogen) atoms. The zero-order chi connectivity index (χ0) is 15.8. The largest absolute Gasteiger partial charge is 0.467 e. The summed E-state index contributed by atoms with van der Waals surface area (Å²) in [4.78, 5) is 5.25. The van der Waals surface area contributed by atoms with Gasteiger partial charge in [-0.25, -0.2) is 4.98 Å². The molecule has 0 aliphatic rings. The lowest BCUT2D eigenvalue weighted by Gasteiger charge is -2.04. The van der Waals surface area contributed by atoms with E-state index in [0.717, 1.165) is 31.7 Å². The summed E-state index contributed by atoms with van der Waals surface area (Å²) < 4.78 is 19.3. The van der Waals surface area contributed by atoms with E-state index in [2.05, 4.69) is 10.1 Å². The van der Waals surface area contributed by atoms with E-state index in [1.165, 1.54) is 0 Å². The average molecular weight is 347 g/mol. The van der Waals surface area contributed by atoms with Gasteiger partial charge in [0.05, 0.1) is 11.6 Å². The molecule has 6 nitrogen and oxygen atoms in total. The Kier molecular flexibility index (Phi) is 3.72. The van der Waals surface area contributed by atoms with Crippen molar-refractivity contribution in [3.05, 3.63) is 30.5 Å². The van der Waals surface area contributed by atoms with Crippen LogP contribution >= 0.6 is 23.1 Å². The van der Waals surface area contributed by atoms with Crippen molar-refractivity contribution in [3.8, 4) is 17.2 Å². The second-order valence-corrected chi connectivity index (χ2v) is 6.75. The molecule has 3 aromatic heterocycles. The second kappa shape index (κ2) is 5.88. The number of hydrogen-bond acceptors (Lipinski definition) is 7. The Balaban J connectivity index is 1.82. The van der Waals surface area contributed by atoms with Crippen LogP contribution in [0.4, 0.5) is 0 Å². The van der Waals surface area contributed by atoms with Crippen molar-refractivity contribution >= 4 is 39.0 Å². The quantitative estimate of drug-likeness (QED) is 0.403. The lowest BCUT2D eigenvalue weighted by Crippen LogP contribution is -1.98. The maximum atomic E-state index is 5.96. The van der Waals surface area contributed by atoms with Crippen LogP contribution in [-0.4, -0.2) is 34.8 Å². The first kappa shape index (κ1) is 14.6. The molecule has 0 saturated heterocycles. The molecule has 0 radical (unpaired) electrons. The van der Waals surface area contributed by atoms with Crippen LogP contribution in [0.1, 0.15) is 0 Å². The molecular weight excluding hydrogens is 334 g/mol. The van der Waals surface area contributed by atoms with E-state index in [9.17, 15) is 0 Å². The molecule has 0 spiro atoms. The highest BCUT2D eigenvalue weighted by Gasteiger charge is 2.16. The smallest absolute Gasteiger partial charge is 0.213 e. The molecule has 0 unspecified atom stereocenters. The third-order valence-corrected chi connectivity index (χ3v) is 5.25. The van der Waals surface area contributed by atoms with E-state index in [1.54, 1.807) is 36.4 Å². The van der Waals surface area contributed by atoms with Crippen LogP contribution < -0.4 is 4.74 Å². The summed E-state index contributed by atoms with van der Waals surface area (Å²) >= 11 is 3.16. The number of benzene rings is 1. The van der Waals surface area contributed by atoms with Crippen molar-refractivity contribution in [2.75, 3.05) is 20.2 Å². The van der Waals surface area contributed by atoms with Gasteiger partial charge in [-0.05, 0) is 24.5 Å². The molecule has 0 saturated carbocycles. The fourth-order valence-electron chi connectivity index (χ4n) is 2.33. The highest BCUT2D eigenvalue weighted by molar-refractivity contribution is 8.00. The lowest BCUT2D eigenvalue weighted by atomic mass is 10.2. The zero-order valence-electron chi connectivity index (χ0n) is 12.5. The normalized spacial score (nSPS) is 11.6. The fraction of sp³-hybridized carbons (Fsp3) is 0.200. The van der Waals surface area contributed by atoms with E-state index in [-0.39, 0.29) is 6.79 Å². The van der Waals surface area contributed by atoms with E-state index >= 15 is 0 Å². The van der Waals surface area contributed by atoms with Gasteiger partial charge in [0, 0.05) is 7.11 Å². The van der Waals surface area contributed by atoms with E-state index in [1.807, 2.05) is 35.0 Å². The topological polar surface area (TPSA) is 61.8 Å². The minimum atomic E-state index is 0.194. The van der Waals surface area contributed by atoms with Crippen LogP contribution in [0.3, 0.4) is 0 Å². The molecule has 0 N–H and O–H groups in total. The molecule has 118 valence electrons. The predicted octanol–water partition coefficient (Wildman–Crippen LogP) is 3.91. The van der Waals surface area contributed by atoms with Crippen LogP contribution in [0.2, 0.25) is 0 Å². The third kappa shape index (κ3) is 2.48. The molecular formula is C15H13N3O3S2. The Morgan fingerprint density at radius 2 is 2.30 bits per heavy atom. The van der Waals surface area contributed by atoms with Crippen molar-refractivity contribution in [2.24, 2.45) is 0 Å². The van der Waals surface area contributed by atoms with E-state index in [4.69, 9.17) is 13.9 Å². The molecule has 3 heterocycles. The number of thioether (sulfide) groups is 1. The van der Waals surface area contributed by atoms with Crippen molar-refractivity contribution in [2.45, 2.75) is 4.34 Å². The molecule has 0 aliphatic heterocycles. The van der Waals surface area contributed by atoms with Gasteiger partial charge in [-0.3, -0.25) is 0 Å². The van der Waals surface area contributed by atoms with Crippen molar-refractivity contribution in [1.29, 1.82) is 0 Å². The zero-order valence-corrected chi connectivity index (χ0v) is 14.1. The SMILES string of the molecule is COCOc1cccc2oc(-c3cnc4sc(SC)nn34)cc12. The number of methoxy groups -OCH3 is 1. The van der Waals surface area contributed by atoms with Gasteiger partial charge < -0.3 is 13.9 Å². The first-order valence-corrected chi connectivity index (χ1v) is 8.87. The van der Waals surface area contributed by atoms with Gasteiger partial charge in [-0.1, -0.05) is 29.2 Å². The monoisotopic (exact) mass is 347 g/mol. The molecule has 0 fully saturated rings. The van der Waals surface area contributed by atoms with Crippen LogP contribution in [0.25, 0.3) is 27.4 Å². The first-order chi connectivity index (χ1) is 11.3. The number of fused-ring (bicyclic) bond motifs is 2. The maximum absolute atomic E-state index is 5.96. The standard InChI is InChI=1S/C15H13N3O3S2/c1-19-8-20-11-4-3-5-12-9(11)6-13(21-12)10-7-16-14-18(10)17-15(22-2)23-14/h3-7H,8H2,1-2H3. The van der Waals surface area contributed by atoms with Crippen LogP contribution in [0.5, 0.6) is 5.75 Å². The average Bonchev–Trinajstić information content (AvgIpc) is 3.25. The molecule has 0 aliphatic carbocycles. The first-order valence-electron chi connectivity index (χ1n) is 6.83. The van der Waals surface area contributed by atoms with E-state index < -0.39 is 0 Å². The summed E-state index contributed by atoms with van der Waals surface area (Å²) in [5.41, 5.74) is 1.58. The van der Waals surface area contributed by atoms with Gasteiger partial charge >= 0.3 is 0 Å². The third-order valence-electron chi connectivity index (χ3n) is 3.35. The molecule has 0 atom stereocenters. The molecule has 1 aromatic carbocycles. The number of aromatic nitrogens is 3. The van der Waals surface area contributed by atoms with Crippen molar-refractivity contribution in [3.63, 3.8) is 0 Å². The van der Waals surface area contributed by atoms with Gasteiger partial charge in [0.1, 0.15) is 17.0 Å². The van der Waals surface area contributed by atoms with Gasteiger partial charge in [0.2, 0.25) is 4.96 Å². The Labute approximate surface area is 140 Å². The highest BCUT2D eigenvalue weighted by atomic mass is 32.2. The minimum Gasteiger partial charge on any atom is -0.467 e. The van der Waals surface area contributed by atoms with Crippen LogP contribution in [0.15, 0.2) is 39.2 Å². The number of ether oxygens (including phenoxy) is 2. The molecule has 4 aromatic rings. The minimum absolute atomic E-state index is 0.194. The summed E-state index contributed by atoms with van der Waals surface area (Å²) in [6.07, 6.45) is 3.77. The number of hydrogen-bond donors (Lipinski definition) is 0. The van der Waals surface area contributed by atoms with Gasteiger partial charge in [0.25, 0.3) is 0 Å². The van der Waals surface area contributed by atoms with Crippen molar-refractivity contribution in [1.82, 2.24) is 14.6 Å². The second-order valence-electron chi connectivity index (χ2n) is 4.74. The Bertz CT molecular complexity index is 973. The molecule has 0 bridgehead atoms. The summed E-state index contributed by atoms with van der Waals surface area (Å²) in [5.74, 6) is 1.43. The van der Waals surface area contributed by atoms with Crippen molar-refractivity contribution < 1.29 is 13.9 Å². The Morgan fingerprint density at radius 3 is 3.13 bits per heavy atom. The summed E-state index contributed by atoms with van der Waals surface area (Å²) in [7, 11) is 1.59. The number of nitrogens with zero attached hydrogens (tertiary/aromatic N) is 3. The van der Waals surface area contributed by atoms with Gasteiger partial charge in [0.15, 0.2) is 16.9 Å². The molecule has 0 amide bonds. The van der Waals surface area contributed by atoms with Crippen LogP contribution in [-0.2, 0) is 4.74 Å². The van der Waals surface area contributed by atoms with Crippen LogP contribution in [0, 0.1) is 0 Å². The van der Waals surface area contributed by atoms with Gasteiger partial charge in [-0.15, -0.1) is 5.10 Å². The Morgan fingerprint density at radius 1 is 1.39 bits per heavy atom. The fourth-order valence-corrected chi connectivity index (χ4v) is 3.66. The molecule has 8 heteroatoms. The predicted molar refractivity (Wildman–Crippen MR) is 90.4 cm³/mol. The van der Waals surface area contributed by atoms with Gasteiger partial charge in [-0.2, -0.15) is 4.52 Å². The summed E-state index contributed by atoms with van der Waals surface area (Å²) in [6.45, 7) is 0.194. The molecule has 4 rings (SSSR count). The lowest BCUT2D eigenvalue weighted by molar-refractivity contribution is 0.0522. The number of rotatable bonds is 5. The number of furan rings is 1.